The molecule has 0 atom stereocenters. The van der Waals surface area contributed by atoms with Gasteiger partial charge >= 0.3 is 18.3 Å². The summed E-state index contributed by atoms with van der Waals surface area (Å²) in [6, 6.07) is 15.8. The van der Waals surface area contributed by atoms with Crippen LogP contribution in [0.15, 0.2) is 83.3 Å². The number of ether oxygens (including phenoxy) is 3. The molecule has 4 rings (SSSR count). The lowest BCUT2D eigenvalue weighted by Crippen LogP contribution is -2.18. The van der Waals surface area contributed by atoms with Crippen molar-refractivity contribution in [3.63, 3.8) is 0 Å². The van der Waals surface area contributed by atoms with E-state index in [1.807, 2.05) is 30.3 Å². The summed E-state index contributed by atoms with van der Waals surface area (Å²) in [5.41, 5.74) is 3.22. The molecule has 3 aromatic carbocycles. The number of fused-ring (bicyclic) bond motifs is 3. The summed E-state index contributed by atoms with van der Waals surface area (Å²) in [4.78, 5) is 23.4. The number of carbonyl (C=O) groups excluding carboxylic acids is 2. The van der Waals surface area contributed by atoms with Gasteiger partial charge in [0.25, 0.3) is 0 Å². The molecule has 0 saturated carbocycles. The summed E-state index contributed by atoms with van der Waals surface area (Å²) >= 11 is 0. The number of halogens is 3. The third-order valence-electron chi connectivity index (χ3n) is 5.81. The SMILES string of the molecule is C=C(C)C(=O)OCCCc1ccc(-c2ccc3c(c2)oc2c(OC(F)(F)F)c(OC(=O)C(=C)C)ccc23)cc1. The summed E-state index contributed by atoms with van der Waals surface area (Å²) < 4.78 is 59.9. The maximum Gasteiger partial charge on any atom is 0.573 e. The second-order valence-electron chi connectivity index (χ2n) is 9.02. The van der Waals surface area contributed by atoms with Gasteiger partial charge < -0.3 is 18.6 Å². The highest BCUT2D eigenvalue weighted by Crippen LogP contribution is 2.44. The summed E-state index contributed by atoms with van der Waals surface area (Å²) in [7, 11) is 0. The Balaban J connectivity index is 1.61. The first kappa shape index (κ1) is 27.5. The molecule has 0 fully saturated rings. The molecule has 4 aromatic rings. The highest BCUT2D eigenvalue weighted by Gasteiger charge is 2.35. The molecule has 39 heavy (non-hydrogen) atoms. The number of furan rings is 1. The number of hydrogen-bond donors (Lipinski definition) is 0. The number of alkyl halides is 3. The van der Waals surface area contributed by atoms with Crippen LogP contribution in [-0.4, -0.2) is 24.9 Å². The van der Waals surface area contributed by atoms with Crippen LogP contribution in [0.1, 0.15) is 25.8 Å². The number of aryl methyl sites for hydroxylation is 1. The van der Waals surface area contributed by atoms with Gasteiger partial charge in [-0.05, 0) is 67.6 Å². The van der Waals surface area contributed by atoms with E-state index in [1.54, 1.807) is 19.1 Å². The maximum atomic E-state index is 13.2. The van der Waals surface area contributed by atoms with Crippen molar-refractivity contribution in [3.8, 4) is 22.6 Å². The topological polar surface area (TPSA) is 75.0 Å². The minimum Gasteiger partial charge on any atom is -0.462 e. The van der Waals surface area contributed by atoms with Gasteiger partial charge in [-0.15, -0.1) is 13.2 Å². The molecular weight excluding hydrogens is 513 g/mol. The lowest BCUT2D eigenvalue weighted by Gasteiger charge is -2.13. The van der Waals surface area contributed by atoms with Gasteiger partial charge in [-0.1, -0.05) is 43.5 Å². The molecule has 0 amide bonds. The van der Waals surface area contributed by atoms with Crippen LogP contribution in [0, 0.1) is 0 Å². The van der Waals surface area contributed by atoms with E-state index in [2.05, 4.69) is 17.9 Å². The first-order chi connectivity index (χ1) is 18.4. The van der Waals surface area contributed by atoms with E-state index < -0.39 is 29.8 Å². The molecule has 0 radical (unpaired) electrons. The van der Waals surface area contributed by atoms with Crippen LogP contribution in [0.2, 0.25) is 0 Å². The van der Waals surface area contributed by atoms with Gasteiger partial charge in [0.05, 0.1) is 6.61 Å². The van der Waals surface area contributed by atoms with Crippen molar-refractivity contribution in [2.24, 2.45) is 0 Å². The smallest absolute Gasteiger partial charge is 0.462 e. The highest BCUT2D eigenvalue weighted by atomic mass is 19.4. The van der Waals surface area contributed by atoms with Gasteiger partial charge in [-0.2, -0.15) is 0 Å². The second-order valence-corrected chi connectivity index (χ2v) is 9.02. The van der Waals surface area contributed by atoms with Crippen molar-refractivity contribution in [3.05, 3.63) is 84.5 Å². The standard InChI is InChI=1S/C30H25F3O6/c1-17(2)28(34)36-15-5-6-19-7-9-20(10-8-19)21-11-12-22-23-13-14-24(38-29(35)18(3)4)27(39-30(31,32)33)26(23)37-25(22)16-21/h7-14,16H,1,3,5-6,15H2,2,4H3. The van der Waals surface area contributed by atoms with Crippen molar-refractivity contribution >= 4 is 33.9 Å². The monoisotopic (exact) mass is 538 g/mol. The lowest BCUT2D eigenvalue weighted by atomic mass is 10.0. The molecule has 0 saturated heterocycles. The lowest BCUT2D eigenvalue weighted by molar-refractivity contribution is -0.274. The average molecular weight is 539 g/mol. The molecular formula is C30H25F3O6. The molecule has 0 unspecified atom stereocenters. The maximum absolute atomic E-state index is 13.2. The van der Waals surface area contributed by atoms with Gasteiger partial charge in [0, 0.05) is 21.9 Å². The molecule has 6 nitrogen and oxygen atoms in total. The Morgan fingerprint density at radius 1 is 0.872 bits per heavy atom. The zero-order chi connectivity index (χ0) is 28.3. The van der Waals surface area contributed by atoms with Crippen molar-refractivity contribution in [2.45, 2.75) is 33.1 Å². The van der Waals surface area contributed by atoms with E-state index in [9.17, 15) is 22.8 Å². The first-order valence-electron chi connectivity index (χ1n) is 12.0. The van der Waals surface area contributed by atoms with Gasteiger partial charge in [-0.25, -0.2) is 9.59 Å². The molecule has 1 heterocycles. The van der Waals surface area contributed by atoms with Gasteiger partial charge in [-0.3, -0.25) is 0 Å². The summed E-state index contributed by atoms with van der Waals surface area (Å²) in [5, 5.41) is 0.938. The molecule has 0 aliphatic heterocycles. The van der Waals surface area contributed by atoms with Gasteiger partial charge in [0.2, 0.25) is 5.75 Å². The zero-order valence-electron chi connectivity index (χ0n) is 21.3. The van der Waals surface area contributed by atoms with Crippen LogP contribution in [-0.2, 0) is 20.7 Å². The van der Waals surface area contributed by atoms with Crippen LogP contribution >= 0.6 is 0 Å². The molecule has 0 bridgehead atoms. The van der Waals surface area contributed by atoms with Crippen LogP contribution in [0.5, 0.6) is 11.5 Å². The number of carbonyl (C=O) groups is 2. The Morgan fingerprint density at radius 2 is 1.51 bits per heavy atom. The Hall–Kier alpha value is -4.53. The number of esters is 2. The number of rotatable bonds is 9. The molecule has 202 valence electrons. The molecule has 1 aromatic heterocycles. The number of hydrogen-bond acceptors (Lipinski definition) is 6. The predicted molar refractivity (Wildman–Crippen MR) is 140 cm³/mol. The first-order valence-corrected chi connectivity index (χ1v) is 12.0. The molecule has 0 spiro atoms. The van der Waals surface area contributed by atoms with Crippen LogP contribution in [0.3, 0.4) is 0 Å². The Morgan fingerprint density at radius 3 is 2.15 bits per heavy atom. The van der Waals surface area contributed by atoms with E-state index in [-0.39, 0.29) is 11.2 Å². The van der Waals surface area contributed by atoms with Crippen molar-refractivity contribution in [2.75, 3.05) is 6.61 Å². The van der Waals surface area contributed by atoms with E-state index in [0.29, 0.717) is 41.4 Å². The zero-order valence-corrected chi connectivity index (χ0v) is 21.3. The van der Waals surface area contributed by atoms with Crippen molar-refractivity contribution < 1.29 is 41.4 Å². The van der Waals surface area contributed by atoms with Crippen LogP contribution < -0.4 is 9.47 Å². The van der Waals surface area contributed by atoms with E-state index in [1.165, 1.54) is 19.1 Å². The second kappa shape index (κ2) is 11.1. The van der Waals surface area contributed by atoms with Crippen LogP contribution in [0.25, 0.3) is 33.1 Å². The third-order valence-corrected chi connectivity index (χ3v) is 5.81. The largest absolute Gasteiger partial charge is 0.573 e. The Bertz CT molecular complexity index is 1580. The third kappa shape index (κ3) is 6.49. The Kier molecular flexibility index (Phi) is 7.80. The number of benzene rings is 3. The molecule has 0 aliphatic carbocycles. The normalized spacial score (nSPS) is 11.4. The van der Waals surface area contributed by atoms with E-state index >= 15 is 0 Å². The van der Waals surface area contributed by atoms with E-state index in [4.69, 9.17) is 13.9 Å². The van der Waals surface area contributed by atoms with E-state index in [0.717, 1.165) is 16.7 Å². The summed E-state index contributed by atoms with van der Waals surface area (Å²) in [6.07, 6.45) is -3.67. The highest BCUT2D eigenvalue weighted by molar-refractivity contribution is 6.08. The quantitative estimate of drug-likeness (QED) is 0.0942. The fourth-order valence-electron chi connectivity index (χ4n) is 3.88. The molecule has 0 aliphatic rings. The van der Waals surface area contributed by atoms with Crippen molar-refractivity contribution in [1.82, 2.24) is 0 Å². The predicted octanol–water partition coefficient (Wildman–Crippen LogP) is 7.69. The summed E-state index contributed by atoms with van der Waals surface area (Å²) in [6.45, 7) is 10.3. The average Bonchev–Trinajstić information content (AvgIpc) is 3.25. The van der Waals surface area contributed by atoms with Crippen molar-refractivity contribution in [1.29, 1.82) is 0 Å². The molecule has 9 heteroatoms. The minimum absolute atomic E-state index is 0.0135. The van der Waals surface area contributed by atoms with Gasteiger partial charge in [0.1, 0.15) is 5.58 Å². The molecule has 0 N–H and O–H groups in total. The minimum atomic E-state index is -5.04. The Labute approximate surface area is 222 Å². The fourth-order valence-corrected chi connectivity index (χ4v) is 3.88. The van der Waals surface area contributed by atoms with Crippen LogP contribution in [0.4, 0.5) is 13.2 Å². The summed E-state index contributed by atoms with van der Waals surface area (Å²) in [5.74, 6) is -2.48. The van der Waals surface area contributed by atoms with Gasteiger partial charge in [0.15, 0.2) is 11.3 Å². The fraction of sp³-hybridized carbons (Fsp3) is 0.200.